The maximum Gasteiger partial charge on any atom is 0.326 e. The zero-order valence-electron chi connectivity index (χ0n) is 12.3. The van der Waals surface area contributed by atoms with Crippen LogP contribution in [0.4, 0.5) is 4.79 Å². The molecule has 0 radical (unpaired) electrons. The molecule has 0 aromatic heterocycles. The average Bonchev–Trinajstić information content (AvgIpc) is 2.28. The Morgan fingerprint density at radius 3 is 2.37 bits per heavy atom. The van der Waals surface area contributed by atoms with Crippen LogP contribution in [0.2, 0.25) is 0 Å². The molecule has 1 fully saturated rings. The summed E-state index contributed by atoms with van der Waals surface area (Å²) in [5.41, 5.74) is 0.0755. The molecule has 0 spiro atoms. The van der Waals surface area contributed by atoms with Gasteiger partial charge in [-0.05, 0) is 24.2 Å². The van der Waals surface area contributed by atoms with E-state index in [2.05, 4.69) is 24.5 Å². The second-order valence-electron chi connectivity index (χ2n) is 6.46. The molecule has 1 aliphatic rings. The van der Waals surface area contributed by atoms with Crippen molar-refractivity contribution in [3.05, 3.63) is 0 Å². The molecule has 2 amide bonds. The van der Waals surface area contributed by atoms with Crippen molar-refractivity contribution < 1.29 is 14.7 Å². The van der Waals surface area contributed by atoms with Crippen molar-refractivity contribution in [3.63, 3.8) is 0 Å². The Balaban J connectivity index is 2.56. The molecule has 0 heterocycles. The van der Waals surface area contributed by atoms with E-state index in [4.69, 9.17) is 5.11 Å². The third-order valence-electron chi connectivity index (χ3n) is 4.03. The molecule has 0 aromatic carbocycles. The van der Waals surface area contributed by atoms with Gasteiger partial charge in [-0.2, -0.15) is 0 Å². The van der Waals surface area contributed by atoms with Crippen LogP contribution in [0.1, 0.15) is 53.4 Å². The lowest BCUT2D eigenvalue weighted by molar-refractivity contribution is -0.140. The smallest absolute Gasteiger partial charge is 0.326 e. The standard InChI is InChI=1S/C14H26N2O3/c1-9(2)11(12(17)18)16-13(19)15-10-7-5-6-8-14(10,3)4/h9-11H,5-8H2,1-4H3,(H,17,18)(H2,15,16,19)/t10?,11-/m1/s1. The number of nitrogens with one attached hydrogen (secondary N) is 2. The summed E-state index contributed by atoms with van der Waals surface area (Å²) in [4.78, 5) is 23.0. The van der Waals surface area contributed by atoms with Crippen molar-refractivity contribution >= 4 is 12.0 Å². The van der Waals surface area contributed by atoms with Crippen LogP contribution in [0.5, 0.6) is 0 Å². The highest BCUT2D eigenvalue weighted by molar-refractivity contribution is 5.82. The van der Waals surface area contributed by atoms with Crippen LogP contribution < -0.4 is 10.6 Å². The molecule has 19 heavy (non-hydrogen) atoms. The highest BCUT2D eigenvalue weighted by atomic mass is 16.4. The summed E-state index contributed by atoms with van der Waals surface area (Å²) < 4.78 is 0. The summed E-state index contributed by atoms with van der Waals surface area (Å²) >= 11 is 0. The van der Waals surface area contributed by atoms with Crippen molar-refractivity contribution in [1.82, 2.24) is 10.6 Å². The quantitative estimate of drug-likeness (QED) is 0.733. The fourth-order valence-corrected chi connectivity index (χ4v) is 2.62. The Kier molecular flexibility index (Phi) is 5.20. The van der Waals surface area contributed by atoms with Gasteiger partial charge in [0.05, 0.1) is 0 Å². The number of carboxylic acids is 1. The van der Waals surface area contributed by atoms with Crippen LogP contribution in [0.25, 0.3) is 0 Å². The number of carbonyl (C=O) groups is 2. The summed E-state index contributed by atoms with van der Waals surface area (Å²) in [5.74, 6) is -1.13. The molecule has 110 valence electrons. The van der Waals surface area contributed by atoms with Gasteiger partial charge < -0.3 is 15.7 Å². The van der Waals surface area contributed by atoms with Crippen LogP contribution in [-0.4, -0.2) is 29.2 Å². The minimum atomic E-state index is -0.993. The maximum atomic E-state index is 11.9. The van der Waals surface area contributed by atoms with Gasteiger partial charge in [0.2, 0.25) is 0 Å². The van der Waals surface area contributed by atoms with Crippen molar-refractivity contribution in [2.24, 2.45) is 11.3 Å². The predicted octanol–water partition coefficient (Wildman–Crippen LogP) is 2.36. The van der Waals surface area contributed by atoms with Crippen molar-refractivity contribution in [2.75, 3.05) is 0 Å². The minimum Gasteiger partial charge on any atom is -0.480 e. The molecule has 0 aliphatic heterocycles. The van der Waals surface area contributed by atoms with Gasteiger partial charge in [0.1, 0.15) is 6.04 Å². The molecule has 5 heteroatoms. The minimum absolute atomic E-state index is 0.0755. The van der Waals surface area contributed by atoms with Crippen molar-refractivity contribution in [2.45, 2.75) is 65.5 Å². The van der Waals surface area contributed by atoms with Crippen LogP contribution >= 0.6 is 0 Å². The average molecular weight is 270 g/mol. The lowest BCUT2D eigenvalue weighted by Crippen LogP contribution is -2.54. The first-order valence-corrected chi connectivity index (χ1v) is 7.04. The fraction of sp³-hybridized carbons (Fsp3) is 0.857. The Morgan fingerprint density at radius 1 is 1.26 bits per heavy atom. The lowest BCUT2D eigenvalue weighted by atomic mass is 9.73. The van der Waals surface area contributed by atoms with Gasteiger partial charge in [-0.1, -0.05) is 40.5 Å². The summed E-state index contributed by atoms with van der Waals surface area (Å²) in [6.45, 7) is 7.86. The van der Waals surface area contributed by atoms with E-state index in [1.165, 1.54) is 6.42 Å². The Hall–Kier alpha value is -1.26. The molecule has 5 nitrogen and oxygen atoms in total. The van der Waals surface area contributed by atoms with Crippen LogP contribution in [0, 0.1) is 11.3 Å². The molecule has 1 saturated carbocycles. The molecule has 0 bridgehead atoms. The largest absolute Gasteiger partial charge is 0.480 e. The molecule has 2 atom stereocenters. The number of amides is 2. The van der Waals surface area contributed by atoms with E-state index >= 15 is 0 Å². The van der Waals surface area contributed by atoms with E-state index in [0.29, 0.717) is 0 Å². The number of rotatable bonds is 4. The van der Waals surface area contributed by atoms with Crippen molar-refractivity contribution in [3.8, 4) is 0 Å². The summed E-state index contributed by atoms with van der Waals surface area (Å²) in [6.07, 6.45) is 4.35. The molecule has 0 aromatic rings. The third kappa shape index (κ3) is 4.40. The van der Waals surface area contributed by atoms with Crippen LogP contribution in [0.15, 0.2) is 0 Å². The molecule has 1 unspecified atom stereocenters. The fourth-order valence-electron chi connectivity index (χ4n) is 2.62. The van der Waals surface area contributed by atoms with Crippen molar-refractivity contribution in [1.29, 1.82) is 0 Å². The third-order valence-corrected chi connectivity index (χ3v) is 4.03. The van der Waals surface area contributed by atoms with E-state index in [1.54, 1.807) is 13.8 Å². The zero-order chi connectivity index (χ0) is 14.6. The van der Waals surface area contributed by atoms with Crippen LogP contribution in [-0.2, 0) is 4.79 Å². The van der Waals surface area contributed by atoms with E-state index in [-0.39, 0.29) is 23.4 Å². The Morgan fingerprint density at radius 2 is 1.89 bits per heavy atom. The topological polar surface area (TPSA) is 78.4 Å². The number of hydrogen-bond acceptors (Lipinski definition) is 2. The van der Waals surface area contributed by atoms with Gasteiger partial charge in [-0.3, -0.25) is 0 Å². The van der Waals surface area contributed by atoms with E-state index in [9.17, 15) is 9.59 Å². The molecule has 0 saturated heterocycles. The molecule has 1 rings (SSSR count). The highest BCUT2D eigenvalue weighted by Crippen LogP contribution is 2.35. The zero-order valence-corrected chi connectivity index (χ0v) is 12.3. The van der Waals surface area contributed by atoms with E-state index in [0.717, 1.165) is 19.3 Å². The number of hydrogen-bond donors (Lipinski definition) is 3. The molecular weight excluding hydrogens is 244 g/mol. The number of urea groups is 1. The SMILES string of the molecule is CC(C)[C@@H](NC(=O)NC1CCCCC1(C)C)C(=O)O. The van der Waals surface area contributed by atoms with Gasteiger partial charge in [-0.25, -0.2) is 9.59 Å². The molecule has 1 aliphatic carbocycles. The molecular formula is C14H26N2O3. The predicted molar refractivity (Wildman–Crippen MR) is 74.0 cm³/mol. The summed E-state index contributed by atoms with van der Waals surface area (Å²) in [7, 11) is 0. The summed E-state index contributed by atoms with van der Waals surface area (Å²) in [6, 6.07) is -1.10. The second-order valence-corrected chi connectivity index (χ2v) is 6.46. The molecule has 3 N–H and O–H groups in total. The first kappa shape index (κ1) is 15.8. The number of aliphatic carboxylic acids is 1. The normalized spacial score (nSPS) is 23.7. The second kappa shape index (κ2) is 6.26. The first-order chi connectivity index (χ1) is 8.74. The Bertz CT molecular complexity index is 340. The van der Waals surface area contributed by atoms with Gasteiger partial charge in [-0.15, -0.1) is 0 Å². The number of carbonyl (C=O) groups excluding carboxylic acids is 1. The number of carboxylic acid groups (broad SMARTS) is 1. The summed E-state index contributed by atoms with van der Waals surface area (Å²) in [5, 5.41) is 14.5. The monoisotopic (exact) mass is 270 g/mol. The van der Waals surface area contributed by atoms with Gasteiger partial charge in [0, 0.05) is 6.04 Å². The van der Waals surface area contributed by atoms with Gasteiger partial charge in [0.15, 0.2) is 0 Å². The van der Waals surface area contributed by atoms with E-state index < -0.39 is 12.0 Å². The highest BCUT2D eigenvalue weighted by Gasteiger charge is 2.34. The maximum absolute atomic E-state index is 11.9. The first-order valence-electron chi connectivity index (χ1n) is 7.04. The van der Waals surface area contributed by atoms with Gasteiger partial charge in [0.25, 0.3) is 0 Å². The van der Waals surface area contributed by atoms with Crippen LogP contribution in [0.3, 0.4) is 0 Å². The van der Waals surface area contributed by atoms with Gasteiger partial charge >= 0.3 is 12.0 Å². The Labute approximate surface area is 115 Å². The lowest BCUT2D eigenvalue weighted by Gasteiger charge is -2.39. The van der Waals surface area contributed by atoms with E-state index in [1.807, 2.05) is 0 Å².